The standard InChI is InChI=1S/C32H54O4/c1-20(19-33)9-8-10-21(2)28-27(34)18-26-24-12-11-22-17-23(36-29(35)30(3,4)5)13-15-31(22,6)25(24)14-16-32(26,28)7/h11,20-21,23-28,33-34H,8-10,12-19H2,1-7H3/t20-,21-,23+,24?,25?,26+,27?,28+,31+,32+/m1/s1. The molecule has 0 saturated heterocycles. The highest BCUT2D eigenvalue weighted by atomic mass is 16.5. The summed E-state index contributed by atoms with van der Waals surface area (Å²) in [6, 6.07) is 0. The smallest absolute Gasteiger partial charge is 0.311 e. The van der Waals surface area contributed by atoms with Gasteiger partial charge in [0.15, 0.2) is 0 Å². The predicted octanol–water partition coefficient (Wildman–Crippen LogP) is 6.93. The van der Waals surface area contributed by atoms with Crippen LogP contribution in [0.4, 0.5) is 0 Å². The van der Waals surface area contributed by atoms with Gasteiger partial charge in [0, 0.05) is 13.0 Å². The van der Waals surface area contributed by atoms with Crippen molar-refractivity contribution in [1.82, 2.24) is 0 Å². The van der Waals surface area contributed by atoms with Crippen molar-refractivity contribution in [3.63, 3.8) is 0 Å². The minimum absolute atomic E-state index is 0.0218. The molecular formula is C32H54O4. The third kappa shape index (κ3) is 5.07. The van der Waals surface area contributed by atoms with E-state index >= 15 is 0 Å². The summed E-state index contributed by atoms with van der Waals surface area (Å²) >= 11 is 0. The molecule has 4 aliphatic rings. The number of rotatable bonds is 7. The molecule has 206 valence electrons. The summed E-state index contributed by atoms with van der Waals surface area (Å²) in [7, 11) is 0. The van der Waals surface area contributed by atoms with E-state index in [1.165, 1.54) is 18.4 Å². The molecule has 4 aliphatic carbocycles. The highest BCUT2D eigenvalue weighted by Gasteiger charge is 2.61. The number of ether oxygens (including phenoxy) is 1. The maximum absolute atomic E-state index is 12.5. The summed E-state index contributed by atoms with van der Waals surface area (Å²) < 4.78 is 5.95. The van der Waals surface area contributed by atoms with Crippen molar-refractivity contribution in [3.8, 4) is 0 Å². The molecule has 4 rings (SSSR count). The van der Waals surface area contributed by atoms with Crippen LogP contribution in [0.5, 0.6) is 0 Å². The van der Waals surface area contributed by atoms with Crippen LogP contribution < -0.4 is 0 Å². The van der Waals surface area contributed by atoms with Crippen LogP contribution in [0.1, 0.15) is 113 Å². The van der Waals surface area contributed by atoms with E-state index in [1.54, 1.807) is 0 Å². The average Bonchev–Trinajstić information content (AvgIpc) is 3.08. The molecule has 0 amide bonds. The van der Waals surface area contributed by atoms with Crippen LogP contribution in [0.25, 0.3) is 0 Å². The molecule has 0 spiro atoms. The first kappa shape index (κ1) is 28.1. The van der Waals surface area contributed by atoms with Crippen molar-refractivity contribution in [1.29, 1.82) is 0 Å². The number of hydrogen-bond donors (Lipinski definition) is 2. The van der Waals surface area contributed by atoms with Gasteiger partial charge in [-0.05, 0) is 112 Å². The first-order valence-corrected chi connectivity index (χ1v) is 15.0. The highest BCUT2D eigenvalue weighted by molar-refractivity contribution is 5.75. The Labute approximate surface area is 220 Å². The number of hydrogen-bond acceptors (Lipinski definition) is 4. The second-order valence-electron chi connectivity index (χ2n) is 14.8. The van der Waals surface area contributed by atoms with Gasteiger partial charge in [0.05, 0.1) is 11.5 Å². The molecule has 0 bridgehead atoms. The van der Waals surface area contributed by atoms with E-state index in [2.05, 4.69) is 33.8 Å². The van der Waals surface area contributed by atoms with Crippen LogP contribution in [0.2, 0.25) is 0 Å². The number of allylic oxidation sites excluding steroid dienone is 1. The molecule has 3 saturated carbocycles. The van der Waals surface area contributed by atoms with E-state index < -0.39 is 5.41 Å². The van der Waals surface area contributed by atoms with E-state index in [0.29, 0.717) is 35.5 Å². The molecule has 0 heterocycles. The molecule has 0 radical (unpaired) electrons. The van der Waals surface area contributed by atoms with Crippen LogP contribution in [-0.4, -0.2) is 35.0 Å². The van der Waals surface area contributed by atoms with E-state index in [4.69, 9.17) is 4.74 Å². The minimum Gasteiger partial charge on any atom is -0.462 e. The Balaban J connectivity index is 1.46. The van der Waals surface area contributed by atoms with E-state index in [9.17, 15) is 15.0 Å². The zero-order chi connectivity index (χ0) is 26.5. The number of carbonyl (C=O) groups is 1. The molecule has 3 unspecified atom stereocenters. The lowest BCUT2D eigenvalue weighted by molar-refractivity contribution is -0.161. The molecule has 10 atom stereocenters. The molecular weight excluding hydrogens is 448 g/mol. The molecule has 4 heteroatoms. The number of esters is 1. The lowest BCUT2D eigenvalue weighted by Gasteiger charge is -2.58. The third-order valence-corrected chi connectivity index (χ3v) is 11.3. The van der Waals surface area contributed by atoms with Gasteiger partial charge >= 0.3 is 5.97 Å². The van der Waals surface area contributed by atoms with Crippen LogP contribution >= 0.6 is 0 Å². The molecule has 36 heavy (non-hydrogen) atoms. The van der Waals surface area contributed by atoms with Crippen LogP contribution in [0, 0.1) is 51.8 Å². The Morgan fingerprint density at radius 3 is 2.53 bits per heavy atom. The second-order valence-corrected chi connectivity index (χ2v) is 14.8. The van der Waals surface area contributed by atoms with E-state index in [1.807, 2.05) is 20.8 Å². The molecule has 0 aliphatic heterocycles. The number of aliphatic hydroxyl groups excluding tert-OH is 2. The van der Waals surface area contributed by atoms with Crippen molar-refractivity contribution < 1.29 is 19.7 Å². The van der Waals surface area contributed by atoms with Gasteiger partial charge in [-0.3, -0.25) is 4.79 Å². The molecule has 0 aromatic heterocycles. The van der Waals surface area contributed by atoms with Crippen LogP contribution in [0.3, 0.4) is 0 Å². The van der Waals surface area contributed by atoms with Gasteiger partial charge in [-0.2, -0.15) is 0 Å². The van der Waals surface area contributed by atoms with Gasteiger partial charge in [-0.25, -0.2) is 0 Å². The van der Waals surface area contributed by atoms with Crippen LogP contribution in [-0.2, 0) is 9.53 Å². The summed E-state index contributed by atoms with van der Waals surface area (Å²) in [5.41, 5.74) is 1.52. The maximum Gasteiger partial charge on any atom is 0.311 e. The Morgan fingerprint density at radius 1 is 1.14 bits per heavy atom. The van der Waals surface area contributed by atoms with E-state index in [0.717, 1.165) is 51.4 Å². The van der Waals surface area contributed by atoms with Crippen molar-refractivity contribution in [3.05, 3.63) is 11.6 Å². The van der Waals surface area contributed by atoms with Gasteiger partial charge in [-0.15, -0.1) is 0 Å². The van der Waals surface area contributed by atoms with Crippen molar-refractivity contribution >= 4 is 5.97 Å². The topological polar surface area (TPSA) is 66.8 Å². The van der Waals surface area contributed by atoms with Gasteiger partial charge in [0.2, 0.25) is 0 Å². The molecule has 2 N–H and O–H groups in total. The van der Waals surface area contributed by atoms with Gasteiger partial charge in [-0.1, -0.05) is 52.2 Å². The zero-order valence-electron chi connectivity index (χ0n) is 24.2. The maximum atomic E-state index is 12.5. The fraction of sp³-hybridized carbons (Fsp3) is 0.906. The van der Waals surface area contributed by atoms with Gasteiger partial charge < -0.3 is 14.9 Å². The lowest BCUT2D eigenvalue weighted by atomic mass is 9.47. The Kier molecular flexibility index (Phi) is 8.10. The number of fused-ring (bicyclic) bond motifs is 5. The Bertz CT molecular complexity index is 827. The second kappa shape index (κ2) is 10.4. The molecule has 0 aromatic carbocycles. The molecule has 4 nitrogen and oxygen atoms in total. The van der Waals surface area contributed by atoms with Gasteiger partial charge in [0.25, 0.3) is 0 Å². The first-order valence-electron chi connectivity index (χ1n) is 15.0. The van der Waals surface area contributed by atoms with Gasteiger partial charge in [0.1, 0.15) is 6.10 Å². The lowest BCUT2D eigenvalue weighted by Crippen LogP contribution is -2.51. The van der Waals surface area contributed by atoms with Crippen LogP contribution in [0.15, 0.2) is 11.6 Å². The van der Waals surface area contributed by atoms with Crippen molar-refractivity contribution in [2.75, 3.05) is 6.61 Å². The summed E-state index contributed by atoms with van der Waals surface area (Å²) in [6.45, 7) is 15.6. The van der Waals surface area contributed by atoms with E-state index in [-0.39, 0.29) is 35.6 Å². The molecule has 0 aromatic rings. The summed E-state index contributed by atoms with van der Waals surface area (Å²) in [5.74, 6) is 3.15. The van der Waals surface area contributed by atoms with Crippen molar-refractivity contribution in [2.24, 2.45) is 51.8 Å². The summed E-state index contributed by atoms with van der Waals surface area (Å²) in [6.07, 6.45) is 13.3. The first-order chi connectivity index (χ1) is 16.8. The fourth-order valence-electron chi connectivity index (χ4n) is 9.20. The Morgan fingerprint density at radius 2 is 1.86 bits per heavy atom. The largest absolute Gasteiger partial charge is 0.462 e. The quantitative estimate of drug-likeness (QED) is 0.293. The molecule has 3 fully saturated rings. The number of carbonyl (C=O) groups excluding carboxylic acids is 1. The monoisotopic (exact) mass is 502 g/mol. The Hall–Kier alpha value is -0.870. The average molecular weight is 503 g/mol. The SMILES string of the molecule is C[C@@H](CO)CCC[C@@H](C)[C@H]1C(O)C[C@H]2C3CC=C4C[C@@H](OC(=O)C(C)(C)C)CC[C@]4(C)C3CC[C@]12C. The zero-order valence-corrected chi connectivity index (χ0v) is 24.2. The minimum atomic E-state index is -0.450. The summed E-state index contributed by atoms with van der Waals surface area (Å²) in [5, 5.41) is 20.8. The number of aliphatic hydroxyl groups is 2. The highest BCUT2D eigenvalue weighted by Crippen LogP contribution is 2.67. The normalized spacial score (nSPS) is 42.0. The third-order valence-electron chi connectivity index (χ3n) is 11.3. The predicted molar refractivity (Wildman–Crippen MR) is 145 cm³/mol. The van der Waals surface area contributed by atoms with Crippen molar-refractivity contribution in [2.45, 2.75) is 125 Å². The summed E-state index contributed by atoms with van der Waals surface area (Å²) in [4.78, 5) is 12.5. The fourth-order valence-corrected chi connectivity index (χ4v) is 9.20.